The highest BCUT2D eigenvalue weighted by molar-refractivity contribution is 6.01. The molecule has 0 spiro atoms. The molecule has 0 saturated carbocycles. The first-order valence-electron chi connectivity index (χ1n) is 7.53. The van der Waals surface area contributed by atoms with E-state index in [2.05, 4.69) is 15.5 Å². The van der Waals surface area contributed by atoms with E-state index in [4.69, 9.17) is 4.74 Å². The van der Waals surface area contributed by atoms with Crippen molar-refractivity contribution in [3.63, 3.8) is 0 Å². The number of carbonyl (C=O) groups excluding carboxylic acids is 1. The summed E-state index contributed by atoms with van der Waals surface area (Å²) in [7, 11) is 1.61. The summed E-state index contributed by atoms with van der Waals surface area (Å²) in [5.41, 5.74) is 6.04. The van der Waals surface area contributed by atoms with Crippen molar-refractivity contribution in [1.29, 1.82) is 0 Å². The Labute approximate surface area is 139 Å². The molecule has 0 aliphatic carbocycles. The van der Waals surface area contributed by atoms with Crippen molar-refractivity contribution in [1.82, 2.24) is 14.8 Å². The van der Waals surface area contributed by atoms with E-state index in [0.29, 0.717) is 17.1 Å². The summed E-state index contributed by atoms with van der Waals surface area (Å²) in [5.74, 6) is 0.444. The maximum Gasteiger partial charge on any atom is 0.290 e. The lowest BCUT2D eigenvalue weighted by atomic mass is 10.1. The fourth-order valence-electron chi connectivity index (χ4n) is 2.49. The largest absolute Gasteiger partial charge is 0.497 e. The van der Waals surface area contributed by atoms with E-state index < -0.39 is 0 Å². The minimum absolute atomic E-state index is 0.298. The molecule has 6 heteroatoms. The number of hydrazone groups is 1. The van der Waals surface area contributed by atoms with Crippen molar-refractivity contribution < 1.29 is 9.53 Å². The van der Waals surface area contributed by atoms with E-state index in [-0.39, 0.29) is 5.91 Å². The number of hydrogen-bond donors (Lipinski definition) is 1. The number of nitrogens with zero attached hydrogens (tertiary/aromatic N) is 3. The number of amides is 1. The van der Waals surface area contributed by atoms with Crippen LogP contribution in [0.3, 0.4) is 0 Å². The van der Waals surface area contributed by atoms with Gasteiger partial charge in [-0.15, -0.1) is 0 Å². The van der Waals surface area contributed by atoms with Gasteiger partial charge >= 0.3 is 0 Å². The zero-order valence-corrected chi connectivity index (χ0v) is 13.8. The third-order valence-electron chi connectivity index (χ3n) is 3.73. The molecule has 3 rings (SSSR count). The number of aryl methyl sites for hydroxylation is 1. The number of ether oxygens (including phenoxy) is 1. The zero-order valence-electron chi connectivity index (χ0n) is 13.8. The number of nitrogens with one attached hydrogen (secondary N) is 1. The van der Waals surface area contributed by atoms with Crippen LogP contribution >= 0.6 is 0 Å². The van der Waals surface area contributed by atoms with Crippen molar-refractivity contribution >= 4 is 17.3 Å². The molecule has 0 aliphatic rings. The Morgan fingerprint density at radius 1 is 1.25 bits per heavy atom. The Kier molecular flexibility index (Phi) is 4.29. The van der Waals surface area contributed by atoms with Crippen LogP contribution in [-0.2, 0) is 0 Å². The molecule has 3 aromatic rings. The number of rotatable bonds is 4. The molecule has 0 radical (unpaired) electrons. The Hall–Kier alpha value is -3.15. The first kappa shape index (κ1) is 15.7. The highest BCUT2D eigenvalue weighted by atomic mass is 16.5. The molecule has 0 unspecified atom stereocenters. The molecule has 0 saturated heterocycles. The molecule has 6 nitrogen and oxygen atoms in total. The van der Waals surface area contributed by atoms with Gasteiger partial charge in [-0.25, -0.2) is 10.4 Å². The minimum Gasteiger partial charge on any atom is -0.497 e. The maximum atomic E-state index is 12.5. The standard InChI is InChI=1S/C18H18N4O2/c1-12(14-7-6-8-15(11-14)24-3)20-21-18(23)17-13(2)19-16-9-4-5-10-22(16)17/h4-11H,1-3H3,(H,21,23)/b20-12-. The van der Waals surface area contributed by atoms with Crippen LogP contribution in [0.1, 0.15) is 28.7 Å². The van der Waals surface area contributed by atoms with E-state index in [9.17, 15) is 4.79 Å². The summed E-state index contributed by atoms with van der Waals surface area (Å²) in [6, 6.07) is 13.1. The van der Waals surface area contributed by atoms with E-state index in [0.717, 1.165) is 17.0 Å². The van der Waals surface area contributed by atoms with Gasteiger partial charge in [0.25, 0.3) is 5.91 Å². The van der Waals surface area contributed by atoms with Gasteiger partial charge in [0, 0.05) is 11.8 Å². The summed E-state index contributed by atoms with van der Waals surface area (Å²) >= 11 is 0. The number of imidazole rings is 1. The summed E-state index contributed by atoms with van der Waals surface area (Å²) in [6.07, 6.45) is 1.81. The topological polar surface area (TPSA) is 68.0 Å². The van der Waals surface area contributed by atoms with Crippen LogP contribution < -0.4 is 10.2 Å². The van der Waals surface area contributed by atoms with Gasteiger partial charge in [-0.3, -0.25) is 9.20 Å². The third-order valence-corrected chi connectivity index (χ3v) is 3.73. The van der Waals surface area contributed by atoms with E-state index in [1.54, 1.807) is 18.4 Å². The molecule has 1 amide bonds. The van der Waals surface area contributed by atoms with Crippen LogP contribution in [0, 0.1) is 6.92 Å². The summed E-state index contributed by atoms with van der Waals surface area (Å²) in [6.45, 7) is 3.64. The fraction of sp³-hybridized carbons (Fsp3) is 0.167. The number of methoxy groups -OCH3 is 1. The van der Waals surface area contributed by atoms with Crippen LogP contribution in [0.4, 0.5) is 0 Å². The third kappa shape index (κ3) is 2.99. The number of hydrogen-bond acceptors (Lipinski definition) is 4. The number of fused-ring (bicyclic) bond motifs is 1. The Morgan fingerprint density at radius 3 is 2.88 bits per heavy atom. The lowest BCUT2D eigenvalue weighted by molar-refractivity contribution is 0.0948. The first-order chi connectivity index (χ1) is 11.6. The van der Waals surface area contributed by atoms with Crippen LogP contribution in [0.25, 0.3) is 5.65 Å². The normalized spacial score (nSPS) is 11.5. The quantitative estimate of drug-likeness (QED) is 0.593. The molecular weight excluding hydrogens is 304 g/mol. The van der Waals surface area contributed by atoms with Gasteiger partial charge in [0.1, 0.15) is 17.1 Å². The van der Waals surface area contributed by atoms with Crippen LogP contribution in [0.5, 0.6) is 5.75 Å². The summed E-state index contributed by atoms with van der Waals surface area (Å²) < 4.78 is 6.95. The van der Waals surface area contributed by atoms with E-state index in [1.807, 2.05) is 55.6 Å². The molecule has 2 aromatic heterocycles. The lowest BCUT2D eigenvalue weighted by Gasteiger charge is -2.05. The second-order valence-corrected chi connectivity index (χ2v) is 5.34. The van der Waals surface area contributed by atoms with Crippen LogP contribution in [0.2, 0.25) is 0 Å². The molecule has 2 heterocycles. The van der Waals surface area contributed by atoms with Crippen molar-refractivity contribution in [2.75, 3.05) is 7.11 Å². The first-order valence-corrected chi connectivity index (χ1v) is 7.53. The number of benzene rings is 1. The summed E-state index contributed by atoms with van der Waals surface area (Å²) in [4.78, 5) is 16.9. The van der Waals surface area contributed by atoms with E-state index in [1.165, 1.54) is 0 Å². The van der Waals surface area contributed by atoms with Crippen LogP contribution in [0.15, 0.2) is 53.8 Å². The maximum absolute atomic E-state index is 12.5. The molecule has 24 heavy (non-hydrogen) atoms. The predicted molar refractivity (Wildman–Crippen MR) is 92.6 cm³/mol. The summed E-state index contributed by atoms with van der Waals surface area (Å²) in [5, 5.41) is 4.19. The smallest absolute Gasteiger partial charge is 0.290 e. The minimum atomic E-state index is -0.298. The van der Waals surface area contributed by atoms with Crippen molar-refractivity contribution in [3.8, 4) is 5.75 Å². The van der Waals surface area contributed by atoms with Crippen LogP contribution in [-0.4, -0.2) is 28.1 Å². The van der Waals surface area contributed by atoms with Crippen molar-refractivity contribution in [2.24, 2.45) is 5.10 Å². The van der Waals surface area contributed by atoms with Gasteiger partial charge in [0.05, 0.1) is 18.5 Å². The molecule has 0 fully saturated rings. The Balaban J connectivity index is 1.84. The van der Waals surface area contributed by atoms with Gasteiger partial charge in [-0.05, 0) is 38.1 Å². The highest BCUT2D eigenvalue weighted by Gasteiger charge is 2.15. The monoisotopic (exact) mass is 322 g/mol. The highest BCUT2D eigenvalue weighted by Crippen LogP contribution is 2.14. The SMILES string of the molecule is COc1cccc(/C(C)=N\NC(=O)c2c(C)nc3ccccn23)c1. The Bertz CT molecular complexity index is 928. The van der Waals surface area contributed by atoms with E-state index >= 15 is 0 Å². The molecule has 1 aromatic carbocycles. The molecule has 0 aliphatic heterocycles. The number of aromatic nitrogens is 2. The molecule has 1 N–H and O–H groups in total. The average Bonchev–Trinajstić information content (AvgIpc) is 2.95. The van der Waals surface area contributed by atoms with Gasteiger partial charge in [0.15, 0.2) is 0 Å². The average molecular weight is 322 g/mol. The van der Waals surface area contributed by atoms with Crippen molar-refractivity contribution in [3.05, 3.63) is 65.6 Å². The number of pyridine rings is 1. The fourth-order valence-corrected chi connectivity index (χ4v) is 2.49. The van der Waals surface area contributed by atoms with Gasteiger partial charge < -0.3 is 4.74 Å². The molecular formula is C18H18N4O2. The second kappa shape index (κ2) is 6.54. The molecule has 0 bridgehead atoms. The van der Waals surface area contributed by atoms with Crippen molar-refractivity contribution in [2.45, 2.75) is 13.8 Å². The predicted octanol–water partition coefficient (Wildman–Crippen LogP) is 2.81. The molecule has 122 valence electrons. The Morgan fingerprint density at radius 2 is 2.08 bits per heavy atom. The van der Waals surface area contributed by atoms with Gasteiger partial charge in [0.2, 0.25) is 0 Å². The van der Waals surface area contributed by atoms with Gasteiger partial charge in [-0.2, -0.15) is 5.10 Å². The zero-order chi connectivity index (χ0) is 17.1. The number of carbonyl (C=O) groups is 1. The van der Waals surface area contributed by atoms with Gasteiger partial charge in [-0.1, -0.05) is 18.2 Å². The molecule has 0 atom stereocenters. The second-order valence-electron chi connectivity index (χ2n) is 5.34. The lowest BCUT2D eigenvalue weighted by Crippen LogP contribution is -2.21.